The molecule has 2 nitrogen and oxygen atoms in total. The lowest BCUT2D eigenvalue weighted by Gasteiger charge is -2.22. The van der Waals surface area contributed by atoms with E-state index < -0.39 is 0 Å². The molecule has 0 atom stereocenters. The largest absolute Gasteiger partial charge is 0.468 e. The maximum atomic E-state index is 5.34. The molecule has 0 aliphatic rings. The zero-order valence-corrected chi connectivity index (χ0v) is 10.2. The lowest BCUT2D eigenvalue weighted by atomic mass is 10.2. The molecule has 14 heavy (non-hydrogen) atoms. The molecule has 1 aromatic heterocycles. The Balaban J connectivity index is 2.32. The second-order valence-corrected chi connectivity index (χ2v) is 5.61. The van der Waals surface area contributed by atoms with Crippen LogP contribution in [0.2, 0.25) is 0 Å². The van der Waals surface area contributed by atoms with Crippen LogP contribution in [0, 0.1) is 6.92 Å². The second kappa shape index (κ2) is 4.89. The van der Waals surface area contributed by atoms with Crippen molar-refractivity contribution in [2.24, 2.45) is 0 Å². The van der Waals surface area contributed by atoms with Gasteiger partial charge in [-0.25, -0.2) is 0 Å². The van der Waals surface area contributed by atoms with Crippen molar-refractivity contribution in [2.45, 2.75) is 32.1 Å². The van der Waals surface area contributed by atoms with E-state index >= 15 is 0 Å². The van der Waals surface area contributed by atoms with Crippen LogP contribution in [0.4, 0.5) is 0 Å². The number of hydrogen-bond donors (Lipinski definition) is 1. The van der Waals surface area contributed by atoms with Crippen LogP contribution >= 0.6 is 11.8 Å². The van der Waals surface area contributed by atoms with Crippen molar-refractivity contribution in [1.82, 2.24) is 5.32 Å². The Morgan fingerprint density at radius 3 is 2.71 bits per heavy atom. The van der Waals surface area contributed by atoms with E-state index in [1.165, 1.54) is 5.56 Å². The summed E-state index contributed by atoms with van der Waals surface area (Å²) in [6, 6.07) is 2.00. The number of furan rings is 1. The van der Waals surface area contributed by atoms with Gasteiger partial charge >= 0.3 is 0 Å². The highest BCUT2D eigenvalue weighted by molar-refractivity contribution is 7.99. The Morgan fingerprint density at radius 2 is 2.21 bits per heavy atom. The second-order valence-electron chi connectivity index (χ2n) is 4.09. The van der Waals surface area contributed by atoms with Crippen molar-refractivity contribution in [3.05, 3.63) is 23.7 Å². The predicted octanol–water partition coefficient (Wildman–Crippen LogP) is 2.82. The van der Waals surface area contributed by atoms with E-state index in [2.05, 4.69) is 32.3 Å². The maximum absolute atomic E-state index is 5.34. The molecule has 0 saturated carbocycles. The first kappa shape index (κ1) is 11.7. The Hall–Kier alpha value is -0.410. The highest BCUT2D eigenvalue weighted by atomic mass is 32.2. The Kier molecular flexibility index (Phi) is 4.08. The van der Waals surface area contributed by atoms with Gasteiger partial charge in [0.2, 0.25) is 0 Å². The van der Waals surface area contributed by atoms with Crippen LogP contribution in [0.1, 0.15) is 25.2 Å². The van der Waals surface area contributed by atoms with Gasteiger partial charge in [-0.3, -0.25) is 0 Å². The topological polar surface area (TPSA) is 25.2 Å². The van der Waals surface area contributed by atoms with Crippen LogP contribution in [0.25, 0.3) is 0 Å². The van der Waals surface area contributed by atoms with Gasteiger partial charge in [0.1, 0.15) is 5.76 Å². The first-order valence-electron chi connectivity index (χ1n) is 4.84. The van der Waals surface area contributed by atoms with Crippen LogP contribution in [0.15, 0.2) is 16.7 Å². The third-order valence-corrected chi connectivity index (χ3v) is 3.61. The molecular weight excluding hydrogens is 194 g/mol. The molecule has 0 aliphatic heterocycles. The average Bonchev–Trinajstić information content (AvgIpc) is 2.52. The Labute approximate surface area is 90.5 Å². The third kappa shape index (κ3) is 3.39. The summed E-state index contributed by atoms with van der Waals surface area (Å²) in [5.74, 6) is 1.04. The molecule has 0 radical (unpaired) electrons. The summed E-state index contributed by atoms with van der Waals surface area (Å²) < 4.78 is 5.64. The van der Waals surface area contributed by atoms with E-state index in [-0.39, 0.29) is 0 Å². The lowest BCUT2D eigenvalue weighted by molar-refractivity contribution is 0.470. The summed E-state index contributed by atoms with van der Waals surface area (Å²) in [5, 5.41) is 3.41. The van der Waals surface area contributed by atoms with Crippen molar-refractivity contribution in [1.29, 1.82) is 0 Å². The van der Waals surface area contributed by atoms with E-state index in [0.29, 0.717) is 4.75 Å². The first-order valence-corrected chi connectivity index (χ1v) is 6.06. The number of nitrogens with one attached hydrogen (secondary N) is 1. The van der Waals surface area contributed by atoms with Crippen molar-refractivity contribution in [2.75, 3.05) is 12.8 Å². The summed E-state index contributed by atoms with van der Waals surface area (Å²) >= 11 is 1.88. The molecule has 0 spiro atoms. The van der Waals surface area contributed by atoms with Gasteiger partial charge < -0.3 is 9.73 Å². The fourth-order valence-electron chi connectivity index (χ4n) is 1.13. The standard InChI is InChI=1S/C11H19NOS/c1-9-5-6-13-10(9)7-12-8-11(2,3)14-4/h5-6,12H,7-8H2,1-4H3. The number of aryl methyl sites for hydroxylation is 1. The minimum Gasteiger partial charge on any atom is -0.468 e. The van der Waals surface area contributed by atoms with E-state index in [4.69, 9.17) is 4.42 Å². The molecule has 0 saturated heterocycles. The number of hydrogen-bond acceptors (Lipinski definition) is 3. The minimum absolute atomic E-state index is 0.292. The molecule has 1 aromatic rings. The van der Waals surface area contributed by atoms with Crippen LogP contribution in [0.5, 0.6) is 0 Å². The summed E-state index contributed by atoms with van der Waals surface area (Å²) in [4.78, 5) is 0. The van der Waals surface area contributed by atoms with Crippen LogP contribution < -0.4 is 5.32 Å². The molecule has 1 heterocycles. The highest BCUT2D eigenvalue weighted by Gasteiger charge is 2.15. The Morgan fingerprint density at radius 1 is 1.50 bits per heavy atom. The number of rotatable bonds is 5. The van der Waals surface area contributed by atoms with Gasteiger partial charge in [-0.1, -0.05) is 0 Å². The molecule has 0 amide bonds. The molecule has 0 unspecified atom stereocenters. The van der Waals surface area contributed by atoms with Crippen molar-refractivity contribution >= 4 is 11.8 Å². The fourth-order valence-corrected chi connectivity index (χ4v) is 1.38. The van der Waals surface area contributed by atoms with Gasteiger partial charge in [0.25, 0.3) is 0 Å². The van der Waals surface area contributed by atoms with E-state index in [1.807, 2.05) is 17.8 Å². The van der Waals surface area contributed by atoms with Crippen molar-refractivity contribution in [3.8, 4) is 0 Å². The van der Waals surface area contributed by atoms with Crippen LogP contribution in [-0.2, 0) is 6.54 Å². The fraction of sp³-hybridized carbons (Fsp3) is 0.636. The molecule has 80 valence electrons. The predicted molar refractivity (Wildman–Crippen MR) is 62.7 cm³/mol. The maximum Gasteiger partial charge on any atom is 0.120 e. The molecule has 1 rings (SSSR count). The monoisotopic (exact) mass is 213 g/mol. The van der Waals surface area contributed by atoms with E-state index in [0.717, 1.165) is 18.8 Å². The van der Waals surface area contributed by atoms with Crippen LogP contribution in [-0.4, -0.2) is 17.5 Å². The normalized spacial score (nSPS) is 12.0. The Bertz CT molecular complexity index is 281. The summed E-state index contributed by atoms with van der Waals surface area (Å²) in [5.41, 5.74) is 1.22. The van der Waals surface area contributed by atoms with Gasteiger partial charge in [-0.05, 0) is 38.7 Å². The average molecular weight is 213 g/mol. The SMILES string of the molecule is CSC(C)(C)CNCc1occc1C. The minimum atomic E-state index is 0.292. The number of thioether (sulfide) groups is 1. The first-order chi connectivity index (χ1) is 6.55. The van der Waals surface area contributed by atoms with Gasteiger partial charge in [-0.15, -0.1) is 0 Å². The molecule has 0 bridgehead atoms. The van der Waals surface area contributed by atoms with E-state index in [9.17, 15) is 0 Å². The summed E-state index contributed by atoms with van der Waals surface area (Å²) in [6.07, 6.45) is 3.88. The summed E-state index contributed by atoms with van der Waals surface area (Å²) in [6.45, 7) is 8.36. The molecule has 0 aromatic carbocycles. The third-order valence-electron chi connectivity index (χ3n) is 2.36. The molecule has 0 fully saturated rings. The van der Waals surface area contributed by atoms with Gasteiger partial charge in [0, 0.05) is 11.3 Å². The van der Waals surface area contributed by atoms with Gasteiger partial charge in [-0.2, -0.15) is 11.8 Å². The lowest BCUT2D eigenvalue weighted by Crippen LogP contribution is -2.31. The zero-order chi connectivity index (χ0) is 10.6. The smallest absolute Gasteiger partial charge is 0.120 e. The molecule has 1 N–H and O–H groups in total. The molecular formula is C11H19NOS. The molecule has 3 heteroatoms. The van der Waals surface area contributed by atoms with Crippen LogP contribution in [0.3, 0.4) is 0 Å². The summed E-state index contributed by atoms with van der Waals surface area (Å²) in [7, 11) is 0. The van der Waals surface area contributed by atoms with Crippen molar-refractivity contribution in [3.63, 3.8) is 0 Å². The molecule has 0 aliphatic carbocycles. The van der Waals surface area contributed by atoms with Crippen molar-refractivity contribution < 1.29 is 4.42 Å². The van der Waals surface area contributed by atoms with Gasteiger partial charge in [0.15, 0.2) is 0 Å². The highest BCUT2D eigenvalue weighted by Crippen LogP contribution is 2.19. The zero-order valence-electron chi connectivity index (χ0n) is 9.39. The quantitative estimate of drug-likeness (QED) is 0.814. The van der Waals surface area contributed by atoms with E-state index in [1.54, 1.807) is 6.26 Å². The van der Waals surface area contributed by atoms with Gasteiger partial charge in [0.05, 0.1) is 12.8 Å².